The van der Waals surface area contributed by atoms with Crippen LogP contribution in [0.15, 0.2) is 24.3 Å². The minimum absolute atomic E-state index is 0.0898. The summed E-state index contributed by atoms with van der Waals surface area (Å²) in [5, 5.41) is 19.9. The number of rotatable bonds is 6. The molecule has 26 heavy (non-hydrogen) atoms. The molecule has 8 nitrogen and oxygen atoms in total. The average Bonchev–Trinajstić information content (AvgIpc) is 2.85. The molecule has 0 spiro atoms. The predicted octanol–water partition coefficient (Wildman–Crippen LogP) is 2.57. The molecule has 3 N–H and O–H groups in total. The first-order valence-electron chi connectivity index (χ1n) is 8.95. The standard InChI is InChI=1S/C18H25N4O4/c1-21-16(23)18(20-17(21)19,11-13-5-3-2-4-6-13)12-26-15-9-7-14(8-10-15)22(24)25/h7-10,13H,2-6,11-12H2,1H3,(H2,19,20)(H,24,25)/q+1. The molecular formula is C18H25N4O4+. The smallest absolute Gasteiger partial charge is 0.316 e. The second kappa shape index (κ2) is 7.31. The molecule has 8 heteroatoms. The van der Waals surface area contributed by atoms with Crippen LogP contribution < -0.4 is 10.1 Å². The summed E-state index contributed by atoms with van der Waals surface area (Å²) in [6, 6.07) is 6.01. The zero-order valence-electron chi connectivity index (χ0n) is 14.9. The lowest BCUT2D eigenvalue weighted by molar-refractivity contribution is -0.729. The lowest BCUT2D eigenvalue weighted by atomic mass is 9.79. The average molecular weight is 361 g/mol. The topological polar surface area (TPSA) is 106 Å². The molecule has 2 aliphatic rings. The van der Waals surface area contributed by atoms with Crippen molar-refractivity contribution < 1.29 is 19.7 Å². The van der Waals surface area contributed by atoms with Crippen molar-refractivity contribution in [1.82, 2.24) is 10.2 Å². The molecule has 1 atom stereocenters. The molecule has 3 rings (SSSR count). The maximum atomic E-state index is 12.8. The van der Waals surface area contributed by atoms with E-state index in [4.69, 9.17) is 15.4 Å². The van der Waals surface area contributed by atoms with Crippen molar-refractivity contribution in [3.63, 3.8) is 0 Å². The minimum atomic E-state index is -0.936. The molecule has 1 heterocycles. The number of carbonyl (C=O) groups is 1. The van der Waals surface area contributed by atoms with Crippen LogP contribution in [-0.2, 0) is 4.79 Å². The molecule has 1 unspecified atom stereocenters. The van der Waals surface area contributed by atoms with Gasteiger partial charge in [-0.05, 0) is 24.5 Å². The molecule has 1 aliphatic heterocycles. The number of likely N-dealkylation sites (N-methyl/N-ethyl adjacent to an activating group) is 1. The molecule has 1 aromatic rings. The van der Waals surface area contributed by atoms with Crippen molar-refractivity contribution in [3.8, 4) is 5.75 Å². The number of nitrogens with zero attached hydrogens (tertiary/aromatic N) is 2. The third-order valence-corrected chi connectivity index (χ3v) is 5.31. The van der Waals surface area contributed by atoms with E-state index in [1.54, 1.807) is 19.2 Å². The first kappa shape index (κ1) is 18.2. The van der Waals surface area contributed by atoms with Gasteiger partial charge >= 0.3 is 5.69 Å². The Bertz CT molecular complexity index is 700. The van der Waals surface area contributed by atoms with Crippen LogP contribution in [-0.4, -0.2) is 46.1 Å². The highest BCUT2D eigenvalue weighted by atomic mass is 16.6. The third-order valence-electron chi connectivity index (χ3n) is 5.31. The second-order valence-corrected chi connectivity index (χ2v) is 7.18. The van der Waals surface area contributed by atoms with Crippen molar-refractivity contribution in [1.29, 1.82) is 5.41 Å². The van der Waals surface area contributed by atoms with Gasteiger partial charge in [-0.2, -0.15) is 0 Å². The van der Waals surface area contributed by atoms with Crippen LogP contribution in [0.25, 0.3) is 0 Å². The highest BCUT2D eigenvalue weighted by Gasteiger charge is 2.50. The van der Waals surface area contributed by atoms with Gasteiger partial charge in [0.1, 0.15) is 12.4 Å². The highest BCUT2D eigenvalue weighted by Crippen LogP contribution is 2.34. The van der Waals surface area contributed by atoms with E-state index in [0.29, 0.717) is 18.1 Å². The molecule has 140 valence electrons. The van der Waals surface area contributed by atoms with E-state index in [1.165, 1.54) is 36.3 Å². The molecule has 0 bridgehead atoms. The van der Waals surface area contributed by atoms with Gasteiger partial charge in [0.15, 0.2) is 11.5 Å². The van der Waals surface area contributed by atoms with E-state index < -0.39 is 5.54 Å². The summed E-state index contributed by atoms with van der Waals surface area (Å²) in [6.45, 7) is 0.106. The number of amides is 1. The lowest BCUT2D eigenvalue weighted by Crippen LogP contribution is -2.53. The number of ether oxygens (including phenoxy) is 1. The Morgan fingerprint density at radius 1 is 1.31 bits per heavy atom. The second-order valence-electron chi connectivity index (χ2n) is 7.18. The van der Waals surface area contributed by atoms with Gasteiger partial charge in [0.2, 0.25) is 0 Å². The fourth-order valence-corrected chi connectivity index (χ4v) is 3.84. The number of carbonyl (C=O) groups excluding carboxylic acids is 1. The molecule has 1 saturated carbocycles. The monoisotopic (exact) mass is 361 g/mol. The summed E-state index contributed by atoms with van der Waals surface area (Å²) in [5.74, 6) is 0.876. The summed E-state index contributed by atoms with van der Waals surface area (Å²) < 4.78 is 5.83. The Hall–Kier alpha value is -2.64. The van der Waals surface area contributed by atoms with Gasteiger partial charge in [-0.1, -0.05) is 32.1 Å². The van der Waals surface area contributed by atoms with Crippen LogP contribution in [0.3, 0.4) is 0 Å². The molecule has 1 aromatic carbocycles. The summed E-state index contributed by atoms with van der Waals surface area (Å²) >= 11 is 0. The quantitative estimate of drug-likeness (QED) is 0.675. The van der Waals surface area contributed by atoms with E-state index in [1.807, 2.05) is 0 Å². The highest BCUT2D eigenvalue weighted by molar-refractivity contribution is 6.07. The van der Waals surface area contributed by atoms with Gasteiger partial charge in [-0.3, -0.25) is 15.1 Å². The van der Waals surface area contributed by atoms with E-state index in [2.05, 4.69) is 5.32 Å². The largest absolute Gasteiger partial charge is 0.491 e. The van der Waals surface area contributed by atoms with Gasteiger partial charge < -0.3 is 10.1 Å². The Kier molecular flexibility index (Phi) is 5.11. The number of hydrogen-bond donors (Lipinski definition) is 3. The van der Waals surface area contributed by atoms with Crippen molar-refractivity contribution >= 4 is 17.6 Å². The molecular weight excluding hydrogens is 336 g/mol. The molecule has 1 aliphatic carbocycles. The van der Waals surface area contributed by atoms with Crippen molar-refractivity contribution in [3.05, 3.63) is 29.2 Å². The zero-order chi connectivity index (χ0) is 18.7. The van der Waals surface area contributed by atoms with E-state index in [-0.39, 0.29) is 29.1 Å². The number of guanidine groups is 1. The molecule has 1 saturated heterocycles. The van der Waals surface area contributed by atoms with Gasteiger partial charge in [0.25, 0.3) is 10.8 Å². The zero-order valence-corrected chi connectivity index (χ0v) is 14.9. The van der Waals surface area contributed by atoms with Gasteiger partial charge in [0, 0.05) is 19.2 Å². The van der Waals surface area contributed by atoms with Crippen LogP contribution >= 0.6 is 0 Å². The van der Waals surface area contributed by atoms with Crippen LogP contribution in [0.5, 0.6) is 5.75 Å². The Morgan fingerprint density at radius 2 is 1.96 bits per heavy atom. The summed E-state index contributed by atoms with van der Waals surface area (Å²) in [6.07, 6.45) is 6.43. The fourth-order valence-electron chi connectivity index (χ4n) is 3.84. The first-order valence-corrected chi connectivity index (χ1v) is 8.95. The predicted molar refractivity (Wildman–Crippen MR) is 94.6 cm³/mol. The van der Waals surface area contributed by atoms with Gasteiger partial charge in [-0.15, -0.1) is 0 Å². The third kappa shape index (κ3) is 3.63. The lowest BCUT2D eigenvalue weighted by Gasteiger charge is -2.32. The number of hydrogen-bond acceptors (Lipinski definition) is 4. The Labute approximate surface area is 152 Å². The van der Waals surface area contributed by atoms with Crippen molar-refractivity contribution in [2.75, 3.05) is 13.7 Å². The normalized spacial score (nSPS) is 23.8. The maximum Gasteiger partial charge on any atom is 0.316 e. The van der Waals surface area contributed by atoms with Crippen molar-refractivity contribution in [2.45, 2.75) is 44.1 Å². The molecule has 0 aromatic heterocycles. The van der Waals surface area contributed by atoms with Crippen LogP contribution in [0, 0.1) is 16.2 Å². The summed E-state index contributed by atoms with van der Waals surface area (Å²) in [4.78, 5) is 24.8. The molecule has 2 fully saturated rings. The summed E-state index contributed by atoms with van der Waals surface area (Å²) in [5.41, 5.74) is -0.834. The number of benzene rings is 1. The summed E-state index contributed by atoms with van der Waals surface area (Å²) in [7, 11) is 1.60. The van der Waals surface area contributed by atoms with Gasteiger partial charge in [0.05, 0.1) is 4.91 Å². The molecule has 0 radical (unpaired) electrons. The Morgan fingerprint density at radius 3 is 2.50 bits per heavy atom. The Balaban J connectivity index is 1.74. The van der Waals surface area contributed by atoms with Gasteiger partial charge in [-0.25, -0.2) is 5.21 Å². The minimum Gasteiger partial charge on any atom is -0.491 e. The molecule has 1 amide bonds. The van der Waals surface area contributed by atoms with E-state index in [9.17, 15) is 9.70 Å². The van der Waals surface area contributed by atoms with Crippen LogP contribution in [0.4, 0.5) is 5.69 Å². The van der Waals surface area contributed by atoms with E-state index >= 15 is 0 Å². The van der Waals surface area contributed by atoms with Crippen molar-refractivity contribution in [2.24, 2.45) is 5.92 Å². The number of nitrogens with one attached hydrogen (secondary N) is 2. The maximum absolute atomic E-state index is 12.8. The van der Waals surface area contributed by atoms with Crippen LogP contribution in [0.1, 0.15) is 38.5 Å². The SMILES string of the molecule is CN1C(=N)NC(COc2ccc([N+](=O)O)cc2)(CC2CCCCC2)C1=O. The van der Waals surface area contributed by atoms with E-state index in [0.717, 1.165) is 12.8 Å². The fraction of sp³-hybridized carbons (Fsp3) is 0.556. The first-order chi connectivity index (χ1) is 12.4. The van der Waals surface area contributed by atoms with Crippen LogP contribution in [0.2, 0.25) is 0 Å².